The molecule has 1 aromatic heterocycles. The van der Waals surface area contributed by atoms with Crippen molar-refractivity contribution in [3.05, 3.63) is 20.3 Å². The van der Waals surface area contributed by atoms with Gasteiger partial charge in [-0.3, -0.25) is 4.79 Å². The fourth-order valence-electron chi connectivity index (χ4n) is 1.90. The molecule has 6 heteroatoms. The summed E-state index contributed by atoms with van der Waals surface area (Å²) in [4.78, 5) is 21.1. The van der Waals surface area contributed by atoms with Crippen LogP contribution in [0.15, 0.2) is 11.1 Å². The molecular formula is C10H13BrIN3O. The number of halogens is 2. The average molecular weight is 398 g/mol. The Morgan fingerprint density at radius 3 is 3.12 bits per heavy atom. The van der Waals surface area contributed by atoms with Gasteiger partial charge in [-0.1, -0.05) is 22.9 Å². The lowest BCUT2D eigenvalue weighted by Gasteiger charge is -2.35. The van der Waals surface area contributed by atoms with Gasteiger partial charge in [-0.2, -0.15) is 0 Å². The van der Waals surface area contributed by atoms with Gasteiger partial charge >= 0.3 is 0 Å². The predicted octanol–water partition coefficient (Wildman–Crippen LogP) is 1.98. The topological polar surface area (TPSA) is 49.0 Å². The van der Waals surface area contributed by atoms with Gasteiger partial charge in [-0.05, 0) is 34.9 Å². The number of H-pyrrole nitrogens is 1. The van der Waals surface area contributed by atoms with Gasteiger partial charge in [0.1, 0.15) is 9.39 Å². The van der Waals surface area contributed by atoms with Gasteiger partial charge in [0.25, 0.3) is 5.56 Å². The molecule has 0 bridgehead atoms. The van der Waals surface area contributed by atoms with E-state index in [1.807, 2.05) is 0 Å². The number of aromatic amines is 1. The number of hydrogen-bond acceptors (Lipinski definition) is 3. The summed E-state index contributed by atoms with van der Waals surface area (Å²) in [6.07, 6.45) is 2.57. The molecule has 1 aliphatic rings. The second-order valence-corrected chi connectivity index (χ2v) is 6.35. The highest BCUT2D eigenvalue weighted by Crippen LogP contribution is 2.27. The maximum atomic E-state index is 11.5. The van der Waals surface area contributed by atoms with E-state index in [0.29, 0.717) is 14.3 Å². The van der Waals surface area contributed by atoms with E-state index >= 15 is 0 Å². The van der Waals surface area contributed by atoms with Gasteiger partial charge in [-0.25, -0.2) is 4.98 Å². The number of nitrogens with zero attached hydrogens (tertiary/aromatic N) is 2. The average Bonchev–Trinajstić information content (AvgIpc) is 2.26. The quantitative estimate of drug-likeness (QED) is 0.582. The van der Waals surface area contributed by atoms with Gasteiger partial charge in [0.05, 0.1) is 6.33 Å². The van der Waals surface area contributed by atoms with Crippen LogP contribution in [-0.4, -0.2) is 27.9 Å². The van der Waals surface area contributed by atoms with Crippen molar-refractivity contribution in [3.8, 4) is 0 Å². The van der Waals surface area contributed by atoms with E-state index in [0.717, 1.165) is 25.3 Å². The number of rotatable bonds is 1. The molecule has 4 nitrogen and oxygen atoms in total. The first-order valence-electron chi connectivity index (χ1n) is 5.22. The zero-order valence-corrected chi connectivity index (χ0v) is 12.7. The Bertz CT molecular complexity index is 436. The maximum absolute atomic E-state index is 11.5. The number of alkyl halides is 1. The molecule has 1 aromatic rings. The smallest absolute Gasteiger partial charge is 0.266 e. The molecule has 0 aromatic carbocycles. The molecule has 88 valence electrons. The summed E-state index contributed by atoms with van der Waals surface area (Å²) in [6.45, 7) is 4.11. The van der Waals surface area contributed by atoms with E-state index in [4.69, 9.17) is 0 Å². The van der Waals surface area contributed by atoms with Crippen LogP contribution in [0.3, 0.4) is 0 Å². The van der Waals surface area contributed by atoms with Gasteiger partial charge in [0.2, 0.25) is 0 Å². The third-order valence-corrected chi connectivity index (χ3v) is 5.21. The Hall–Kier alpha value is -0.110. The molecule has 1 fully saturated rings. The molecule has 2 atom stereocenters. The summed E-state index contributed by atoms with van der Waals surface area (Å²) in [5, 5.41) is 0. The van der Waals surface area contributed by atoms with Gasteiger partial charge < -0.3 is 9.88 Å². The molecule has 2 rings (SSSR count). The van der Waals surface area contributed by atoms with Crippen molar-refractivity contribution in [2.75, 3.05) is 18.0 Å². The van der Waals surface area contributed by atoms with E-state index in [1.165, 1.54) is 6.33 Å². The maximum Gasteiger partial charge on any atom is 0.266 e. The Kier molecular flexibility index (Phi) is 3.89. The second-order valence-electron chi connectivity index (χ2n) is 4.10. The molecule has 2 unspecified atom stereocenters. The normalized spacial score (nSPS) is 25.8. The first-order valence-corrected chi connectivity index (χ1v) is 7.21. The molecule has 1 saturated heterocycles. The second kappa shape index (κ2) is 5.03. The number of piperidine rings is 1. The highest BCUT2D eigenvalue weighted by atomic mass is 127. The lowest BCUT2D eigenvalue weighted by Crippen LogP contribution is -2.41. The monoisotopic (exact) mass is 397 g/mol. The zero-order valence-electron chi connectivity index (χ0n) is 8.91. The van der Waals surface area contributed by atoms with Crippen molar-refractivity contribution in [2.45, 2.75) is 18.2 Å². The Balaban J connectivity index is 2.25. The molecule has 16 heavy (non-hydrogen) atoms. The summed E-state index contributed by atoms with van der Waals surface area (Å²) in [5.74, 6) is 1.39. The first-order chi connectivity index (χ1) is 7.59. The molecule has 0 spiro atoms. The SMILES string of the molecule is CC1CN(c2nc[nH]c(=O)c2I)CCC1Br. The summed E-state index contributed by atoms with van der Waals surface area (Å²) in [5.41, 5.74) is -0.0563. The van der Waals surface area contributed by atoms with E-state index in [1.54, 1.807) is 0 Å². The van der Waals surface area contributed by atoms with Gasteiger partial charge in [0, 0.05) is 17.9 Å². The fraction of sp³-hybridized carbons (Fsp3) is 0.600. The summed E-state index contributed by atoms with van der Waals surface area (Å²) in [7, 11) is 0. The molecule has 1 N–H and O–H groups in total. The van der Waals surface area contributed by atoms with Crippen LogP contribution < -0.4 is 10.5 Å². The van der Waals surface area contributed by atoms with E-state index in [2.05, 4.69) is 60.3 Å². The minimum Gasteiger partial charge on any atom is -0.355 e. The molecule has 0 amide bonds. The van der Waals surface area contributed by atoms with Crippen LogP contribution in [0.4, 0.5) is 5.82 Å². The largest absolute Gasteiger partial charge is 0.355 e. The minimum absolute atomic E-state index is 0.0563. The van der Waals surface area contributed by atoms with E-state index in [-0.39, 0.29) is 5.56 Å². The minimum atomic E-state index is -0.0563. The number of hydrogen-bond donors (Lipinski definition) is 1. The molecule has 1 aliphatic heterocycles. The van der Waals surface area contributed by atoms with Crippen LogP contribution in [0.1, 0.15) is 13.3 Å². The van der Waals surface area contributed by atoms with Crippen LogP contribution >= 0.6 is 38.5 Å². The zero-order chi connectivity index (χ0) is 11.7. The predicted molar refractivity (Wildman–Crippen MR) is 76.3 cm³/mol. The van der Waals surface area contributed by atoms with Crippen LogP contribution in [0, 0.1) is 9.49 Å². The van der Waals surface area contributed by atoms with Crippen molar-refractivity contribution in [2.24, 2.45) is 5.92 Å². The Labute approximate surface area is 116 Å². The summed E-state index contributed by atoms with van der Waals surface area (Å²) >= 11 is 5.73. The van der Waals surface area contributed by atoms with Crippen LogP contribution in [0.25, 0.3) is 0 Å². The van der Waals surface area contributed by atoms with Gasteiger partial charge in [-0.15, -0.1) is 0 Å². The number of aromatic nitrogens is 2. The van der Waals surface area contributed by atoms with Crippen LogP contribution in [0.2, 0.25) is 0 Å². The lowest BCUT2D eigenvalue weighted by molar-refractivity contribution is 0.463. The van der Waals surface area contributed by atoms with E-state index < -0.39 is 0 Å². The number of nitrogens with one attached hydrogen (secondary N) is 1. The van der Waals surface area contributed by atoms with Crippen LogP contribution in [0.5, 0.6) is 0 Å². The highest BCUT2D eigenvalue weighted by Gasteiger charge is 2.26. The Morgan fingerprint density at radius 2 is 2.44 bits per heavy atom. The van der Waals surface area contributed by atoms with Crippen molar-refractivity contribution < 1.29 is 0 Å². The van der Waals surface area contributed by atoms with Crippen molar-refractivity contribution in [3.63, 3.8) is 0 Å². The molecule has 0 saturated carbocycles. The van der Waals surface area contributed by atoms with E-state index in [9.17, 15) is 4.79 Å². The standard InChI is InChI=1S/C10H13BrIN3O/c1-6-4-15(3-2-7(6)11)9-8(12)10(16)14-5-13-9/h5-7H,2-4H2,1H3,(H,13,14,16). The summed E-state index contributed by atoms with van der Waals surface area (Å²) in [6, 6.07) is 0. The molecule has 2 heterocycles. The number of anilines is 1. The fourth-order valence-corrected chi connectivity index (χ4v) is 2.91. The Morgan fingerprint density at radius 1 is 1.69 bits per heavy atom. The molecular weight excluding hydrogens is 385 g/mol. The third kappa shape index (κ3) is 2.42. The lowest BCUT2D eigenvalue weighted by atomic mass is 10.0. The van der Waals surface area contributed by atoms with Crippen molar-refractivity contribution >= 4 is 44.3 Å². The van der Waals surface area contributed by atoms with Crippen molar-refractivity contribution in [1.29, 1.82) is 0 Å². The third-order valence-electron chi connectivity index (χ3n) is 2.88. The van der Waals surface area contributed by atoms with Crippen molar-refractivity contribution in [1.82, 2.24) is 9.97 Å². The summed E-state index contributed by atoms with van der Waals surface area (Å²) < 4.78 is 0.681. The molecule has 0 radical (unpaired) electrons. The van der Waals surface area contributed by atoms with Crippen LogP contribution in [-0.2, 0) is 0 Å². The van der Waals surface area contributed by atoms with Gasteiger partial charge in [0.15, 0.2) is 0 Å². The highest BCUT2D eigenvalue weighted by molar-refractivity contribution is 14.1. The first kappa shape index (κ1) is 12.3. The molecule has 0 aliphatic carbocycles.